The lowest BCUT2D eigenvalue weighted by molar-refractivity contribution is -0.138. The van der Waals surface area contributed by atoms with Gasteiger partial charge in [0.05, 0.1) is 6.26 Å². The summed E-state index contributed by atoms with van der Waals surface area (Å²) < 4.78 is 5.10. The van der Waals surface area contributed by atoms with Gasteiger partial charge >= 0.3 is 5.97 Å². The molecule has 1 unspecified atom stereocenters. The molecule has 1 rings (SSSR count). The third-order valence-corrected chi connectivity index (χ3v) is 3.10. The third-order valence-electron chi connectivity index (χ3n) is 1.86. The summed E-state index contributed by atoms with van der Waals surface area (Å²) >= 11 is 1.48. The molecule has 0 radical (unpaired) electrons. The SMILES string of the molecule is CNC(CSc1ccoc1C)C(=O)O. The van der Waals surface area contributed by atoms with E-state index in [0.717, 1.165) is 10.7 Å². The van der Waals surface area contributed by atoms with Crippen molar-refractivity contribution in [2.75, 3.05) is 12.8 Å². The lowest BCUT2D eigenvalue weighted by Gasteiger charge is -2.09. The molecule has 0 saturated carbocycles. The number of carboxylic acids is 1. The average Bonchev–Trinajstić information content (AvgIpc) is 2.52. The summed E-state index contributed by atoms with van der Waals surface area (Å²) in [7, 11) is 1.64. The van der Waals surface area contributed by atoms with Crippen LogP contribution in [0.3, 0.4) is 0 Å². The van der Waals surface area contributed by atoms with Crippen LogP contribution in [-0.4, -0.2) is 29.9 Å². The normalized spacial score (nSPS) is 12.7. The minimum Gasteiger partial charge on any atom is -0.480 e. The molecule has 0 aliphatic rings. The number of thioether (sulfide) groups is 1. The van der Waals surface area contributed by atoms with Crippen LogP contribution in [0.2, 0.25) is 0 Å². The standard InChI is InChI=1S/C9H13NO3S/c1-6-8(3-4-13-6)14-5-7(10-2)9(11)12/h3-4,7,10H,5H2,1-2H3,(H,11,12). The molecule has 14 heavy (non-hydrogen) atoms. The Labute approximate surface area is 86.7 Å². The molecule has 1 aromatic rings. The molecular weight excluding hydrogens is 202 g/mol. The molecule has 1 heterocycles. The van der Waals surface area contributed by atoms with Gasteiger partial charge in [-0.1, -0.05) is 0 Å². The van der Waals surface area contributed by atoms with Crippen LogP contribution >= 0.6 is 11.8 Å². The Kier molecular flexibility index (Phi) is 4.03. The van der Waals surface area contributed by atoms with E-state index in [-0.39, 0.29) is 0 Å². The van der Waals surface area contributed by atoms with Gasteiger partial charge in [-0.05, 0) is 20.0 Å². The molecule has 0 saturated heterocycles. The Bertz CT molecular complexity index is 311. The van der Waals surface area contributed by atoms with Crippen LogP contribution in [0.1, 0.15) is 5.76 Å². The summed E-state index contributed by atoms with van der Waals surface area (Å²) in [6.45, 7) is 1.86. The van der Waals surface area contributed by atoms with Crippen molar-refractivity contribution < 1.29 is 14.3 Å². The molecule has 5 heteroatoms. The molecule has 1 atom stereocenters. The van der Waals surface area contributed by atoms with Gasteiger partial charge in [0.15, 0.2) is 0 Å². The van der Waals surface area contributed by atoms with Crippen molar-refractivity contribution >= 4 is 17.7 Å². The first kappa shape index (κ1) is 11.1. The fraction of sp³-hybridized carbons (Fsp3) is 0.444. The molecule has 0 bridgehead atoms. The highest BCUT2D eigenvalue weighted by atomic mass is 32.2. The number of nitrogens with one attached hydrogen (secondary N) is 1. The van der Waals surface area contributed by atoms with E-state index < -0.39 is 12.0 Å². The maximum absolute atomic E-state index is 10.7. The van der Waals surface area contributed by atoms with Crippen LogP contribution in [0, 0.1) is 6.92 Å². The second-order valence-corrected chi connectivity index (χ2v) is 3.89. The zero-order valence-electron chi connectivity index (χ0n) is 8.11. The maximum atomic E-state index is 10.7. The van der Waals surface area contributed by atoms with E-state index >= 15 is 0 Å². The zero-order valence-corrected chi connectivity index (χ0v) is 8.93. The monoisotopic (exact) mass is 215 g/mol. The van der Waals surface area contributed by atoms with Crippen molar-refractivity contribution in [3.05, 3.63) is 18.1 Å². The molecule has 0 fully saturated rings. The van der Waals surface area contributed by atoms with E-state index in [9.17, 15) is 4.79 Å². The molecule has 0 aromatic carbocycles. The quantitative estimate of drug-likeness (QED) is 0.726. The van der Waals surface area contributed by atoms with Crippen LogP contribution < -0.4 is 5.32 Å². The fourth-order valence-corrected chi connectivity index (χ4v) is 2.03. The maximum Gasteiger partial charge on any atom is 0.321 e. The number of hydrogen-bond acceptors (Lipinski definition) is 4. The van der Waals surface area contributed by atoms with E-state index in [0.29, 0.717) is 5.75 Å². The second kappa shape index (κ2) is 5.07. The highest BCUT2D eigenvalue weighted by Gasteiger charge is 2.15. The van der Waals surface area contributed by atoms with Gasteiger partial charge < -0.3 is 14.8 Å². The molecular formula is C9H13NO3S. The van der Waals surface area contributed by atoms with Crippen LogP contribution in [-0.2, 0) is 4.79 Å². The minimum absolute atomic E-state index is 0.492. The molecule has 0 aliphatic carbocycles. The van der Waals surface area contributed by atoms with Crippen molar-refractivity contribution in [1.82, 2.24) is 5.32 Å². The van der Waals surface area contributed by atoms with Crippen molar-refractivity contribution in [1.29, 1.82) is 0 Å². The lowest BCUT2D eigenvalue weighted by atomic mass is 10.3. The molecule has 0 spiro atoms. The Morgan fingerprint density at radius 3 is 2.93 bits per heavy atom. The summed E-state index contributed by atoms with van der Waals surface area (Å²) in [6, 6.07) is 1.32. The zero-order chi connectivity index (χ0) is 10.6. The van der Waals surface area contributed by atoms with Crippen molar-refractivity contribution in [3.63, 3.8) is 0 Å². The summed E-state index contributed by atoms with van der Waals surface area (Å²) in [6.07, 6.45) is 1.60. The van der Waals surface area contributed by atoms with Crippen LogP contribution in [0.4, 0.5) is 0 Å². The van der Waals surface area contributed by atoms with Gasteiger partial charge in [0.1, 0.15) is 11.8 Å². The van der Waals surface area contributed by atoms with E-state index in [2.05, 4.69) is 5.32 Å². The highest BCUT2D eigenvalue weighted by Crippen LogP contribution is 2.23. The van der Waals surface area contributed by atoms with Gasteiger partial charge in [0.25, 0.3) is 0 Å². The van der Waals surface area contributed by atoms with Crippen LogP contribution in [0.5, 0.6) is 0 Å². The van der Waals surface area contributed by atoms with Crippen molar-refractivity contribution in [3.8, 4) is 0 Å². The fourth-order valence-electron chi connectivity index (χ4n) is 0.974. The van der Waals surface area contributed by atoms with Gasteiger partial charge in [0, 0.05) is 10.6 Å². The Morgan fingerprint density at radius 2 is 2.50 bits per heavy atom. The van der Waals surface area contributed by atoms with Gasteiger partial charge in [-0.3, -0.25) is 4.79 Å². The number of hydrogen-bond donors (Lipinski definition) is 2. The smallest absolute Gasteiger partial charge is 0.321 e. The largest absolute Gasteiger partial charge is 0.480 e. The summed E-state index contributed by atoms with van der Waals surface area (Å²) in [4.78, 5) is 11.7. The van der Waals surface area contributed by atoms with Crippen LogP contribution in [0.15, 0.2) is 21.6 Å². The molecule has 78 valence electrons. The number of carbonyl (C=O) groups is 1. The number of aliphatic carboxylic acids is 1. The number of aryl methyl sites for hydroxylation is 1. The lowest BCUT2D eigenvalue weighted by Crippen LogP contribution is -2.35. The minimum atomic E-state index is -0.832. The highest BCUT2D eigenvalue weighted by molar-refractivity contribution is 7.99. The van der Waals surface area contributed by atoms with Crippen molar-refractivity contribution in [2.24, 2.45) is 0 Å². The topological polar surface area (TPSA) is 62.5 Å². The molecule has 0 aliphatic heterocycles. The number of carboxylic acid groups (broad SMARTS) is 1. The van der Waals surface area contributed by atoms with Gasteiger partial charge in [-0.25, -0.2) is 0 Å². The van der Waals surface area contributed by atoms with Crippen LogP contribution in [0.25, 0.3) is 0 Å². The van der Waals surface area contributed by atoms with E-state index in [1.165, 1.54) is 11.8 Å². The average molecular weight is 215 g/mol. The Morgan fingerprint density at radius 1 is 1.79 bits per heavy atom. The second-order valence-electron chi connectivity index (χ2n) is 2.83. The third kappa shape index (κ3) is 2.78. The van der Waals surface area contributed by atoms with Gasteiger partial charge in [0.2, 0.25) is 0 Å². The van der Waals surface area contributed by atoms with E-state index in [4.69, 9.17) is 9.52 Å². The first-order chi connectivity index (χ1) is 6.65. The predicted molar refractivity (Wildman–Crippen MR) is 54.7 cm³/mol. The predicted octanol–water partition coefficient (Wildman–Crippen LogP) is 1.35. The molecule has 4 nitrogen and oxygen atoms in total. The first-order valence-corrected chi connectivity index (χ1v) is 5.20. The Hall–Kier alpha value is -0.940. The first-order valence-electron chi connectivity index (χ1n) is 4.22. The molecule has 0 amide bonds. The number of likely N-dealkylation sites (N-methyl/N-ethyl adjacent to an activating group) is 1. The summed E-state index contributed by atoms with van der Waals surface area (Å²) in [5.41, 5.74) is 0. The van der Waals surface area contributed by atoms with E-state index in [1.54, 1.807) is 13.3 Å². The molecule has 2 N–H and O–H groups in total. The number of rotatable bonds is 5. The Balaban J connectivity index is 2.47. The summed E-state index contributed by atoms with van der Waals surface area (Å²) in [5, 5.41) is 11.5. The van der Waals surface area contributed by atoms with Crippen molar-refractivity contribution in [2.45, 2.75) is 17.9 Å². The molecule has 1 aromatic heterocycles. The van der Waals surface area contributed by atoms with Gasteiger partial charge in [-0.15, -0.1) is 11.8 Å². The number of furan rings is 1. The van der Waals surface area contributed by atoms with Gasteiger partial charge in [-0.2, -0.15) is 0 Å². The van der Waals surface area contributed by atoms with E-state index in [1.807, 2.05) is 13.0 Å². The summed E-state index contributed by atoms with van der Waals surface area (Å²) in [5.74, 6) is 0.489.